The zero-order valence-electron chi connectivity index (χ0n) is 13.4. The maximum Gasteiger partial charge on any atom is 0.237 e. The van der Waals surface area contributed by atoms with Crippen LogP contribution >= 0.6 is 11.8 Å². The summed E-state index contributed by atoms with van der Waals surface area (Å²) < 4.78 is 5.11. The van der Waals surface area contributed by atoms with Crippen LogP contribution in [-0.2, 0) is 4.79 Å². The van der Waals surface area contributed by atoms with Gasteiger partial charge in [0, 0.05) is 16.5 Å². The molecule has 0 spiro atoms. The van der Waals surface area contributed by atoms with Gasteiger partial charge in [-0.25, -0.2) is 0 Å². The molecule has 1 aromatic heterocycles. The van der Waals surface area contributed by atoms with Crippen molar-refractivity contribution in [2.75, 3.05) is 12.4 Å². The van der Waals surface area contributed by atoms with E-state index in [0.717, 1.165) is 27.2 Å². The molecule has 1 unspecified atom stereocenters. The number of hydrogen-bond acceptors (Lipinski definition) is 5. The minimum Gasteiger partial charge on any atom is -0.497 e. The van der Waals surface area contributed by atoms with E-state index in [1.54, 1.807) is 13.3 Å². The molecule has 3 rings (SSSR count). The van der Waals surface area contributed by atoms with Gasteiger partial charge in [-0.1, -0.05) is 36.0 Å². The van der Waals surface area contributed by atoms with Gasteiger partial charge in [0.15, 0.2) is 0 Å². The zero-order chi connectivity index (χ0) is 16.9. The molecule has 0 bridgehead atoms. The van der Waals surface area contributed by atoms with Crippen LogP contribution in [0.25, 0.3) is 10.8 Å². The number of rotatable bonds is 5. The van der Waals surface area contributed by atoms with Gasteiger partial charge in [0.1, 0.15) is 10.8 Å². The molecule has 6 heteroatoms. The summed E-state index contributed by atoms with van der Waals surface area (Å²) in [5.41, 5.74) is 0.734. The Hall–Kier alpha value is -2.60. The van der Waals surface area contributed by atoms with Crippen molar-refractivity contribution in [3.8, 4) is 5.75 Å². The molecule has 122 valence electrons. The van der Waals surface area contributed by atoms with Crippen molar-refractivity contribution < 1.29 is 9.53 Å². The fraction of sp³-hybridized carbons (Fsp3) is 0.167. The second-order valence-electron chi connectivity index (χ2n) is 5.21. The first kappa shape index (κ1) is 16.3. The lowest BCUT2D eigenvalue weighted by molar-refractivity contribution is -0.115. The van der Waals surface area contributed by atoms with Crippen molar-refractivity contribution in [3.05, 3.63) is 54.7 Å². The molecule has 1 N–H and O–H groups in total. The zero-order valence-corrected chi connectivity index (χ0v) is 14.2. The van der Waals surface area contributed by atoms with Crippen molar-refractivity contribution in [1.29, 1.82) is 0 Å². The smallest absolute Gasteiger partial charge is 0.237 e. The Balaban J connectivity index is 1.71. The molecule has 0 fully saturated rings. The maximum absolute atomic E-state index is 12.4. The predicted molar refractivity (Wildman–Crippen MR) is 96.5 cm³/mol. The van der Waals surface area contributed by atoms with Crippen LogP contribution in [0.3, 0.4) is 0 Å². The van der Waals surface area contributed by atoms with Gasteiger partial charge in [0.2, 0.25) is 5.91 Å². The number of nitrogens with zero attached hydrogens (tertiary/aromatic N) is 2. The number of ether oxygens (including phenoxy) is 1. The lowest BCUT2D eigenvalue weighted by Gasteiger charge is -2.12. The molecule has 0 aliphatic carbocycles. The van der Waals surface area contributed by atoms with Crippen LogP contribution in [0.1, 0.15) is 6.92 Å². The quantitative estimate of drug-likeness (QED) is 0.717. The molecule has 0 aliphatic heterocycles. The van der Waals surface area contributed by atoms with E-state index in [1.807, 2.05) is 55.5 Å². The van der Waals surface area contributed by atoms with Crippen LogP contribution in [0, 0.1) is 0 Å². The van der Waals surface area contributed by atoms with Crippen molar-refractivity contribution >= 4 is 34.1 Å². The van der Waals surface area contributed by atoms with Crippen LogP contribution in [0.5, 0.6) is 5.75 Å². The molecule has 3 aromatic rings. The standard InChI is InChI=1S/C18H17N3O2S/c1-12(17(22)20-14-7-9-15(23-2)10-8-14)24-18-16-6-4-3-5-13(16)11-19-21-18/h3-12H,1-2H3,(H,20,22). The second-order valence-corrected chi connectivity index (χ2v) is 6.54. The number of methoxy groups -OCH3 is 1. The van der Waals surface area contributed by atoms with Gasteiger partial charge >= 0.3 is 0 Å². The van der Waals surface area contributed by atoms with E-state index < -0.39 is 0 Å². The van der Waals surface area contributed by atoms with Gasteiger partial charge in [-0.2, -0.15) is 5.10 Å². The summed E-state index contributed by atoms with van der Waals surface area (Å²) in [6.07, 6.45) is 1.72. The van der Waals surface area contributed by atoms with Crippen molar-refractivity contribution in [2.24, 2.45) is 0 Å². The van der Waals surface area contributed by atoms with E-state index in [9.17, 15) is 4.79 Å². The molecule has 0 saturated carbocycles. The molecule has 1 amide bonds. The number of carbonyl (C=O) groups is 1. The van der Waals surface area contributed by atoms with Crippen LogP contribution in [0.2, 0.25) is 0 Å². The van der Waals surface area contributed by atoms with Crippen molar-refractivity contribution in [1.82, 2.24) is 10.2 Å². The lowest BCUT2D eigenvalue weighted by atomic mass is 10.2. The summed E-state index contributed by atoms with van der Waals surface area (Å²) in [7, 11) is 1.61. The highest BCUT2D eigenvalue weighted by Crippen LogP contribution is 2.28. The molecule has 5 nitrogen and oxygen atoms in total. The van der Waals surface area contributed by atoms with E-state index in [-0.39, 0.29) is 11.2 Å². The Morgan fingerprint density at radius 3 is 2.67 bits per heavy atom. The highest BCUT2D eigenvalue weighted by molar-refractivity contribution is 8.00. The maximum atomic E-state index is 12.4. The molecule has 24 heavy (non-hydrogen) atoms. The Labute approximate surface area is 144 Å². The molecule has 2 aromatic carbocycles. The third kappa shape index (κ3) is 3.65. The van der Waals surface area contributed by atoms with Crippen LogP contribution in [0.15, 0.2) is 59.8 Å². The third-order valence-electron chi connectivity index (χ3n) is 3.55. The normalized spacial score (nSPS) is 11.9. The Morgan fingerprint density at radius 1 is 1.17 bits per heavy atom. The van der Waals surface area contributed by atoms with Crippen LogP contribution in [0.4, 0.5) is 5.69 Å². The molecule has 0 saturated heterocycles. The number of thioether (sulfide) groups is 1. The van der Waals surface area contributed by atoms with Gasteiger partial charge in [-0.15, -0.1) is 5.10 Å². The van der Waals surface area contributed by atoms with Gasteiger partial charge in [-0.3, -0.25) is 4.79 Å². The summed E-state index contributed by atoms with van der Waals surface area (Å²) in [5.74, 6) is 0.668. The average Bonchev–Trinajstić information content (AvgIpc) is 2.62. The summed E-state index contributed by atoms with van der Waals surface area (Å²) in [5, 5.41) is 13.6. The number of fused-ring (bicyclic) bond motifs is 1. The Morgan fingerprint density at radius 2 is 1.92 bits per heavy atom. The first-order chi connectivity index (χ1) is 11.7. The average molecular weight is 339 g/mol. The van der Waals surface area contributed by atoms with E-state index in [2.05, 4.69) is 15.5 Å². The minimum atomic E-state index is -0.299. The molecular weight excluding hydrogens is 322 g/mol. The van der Waals surface area contributed by atoms with Gasteiger partial charge in [0.05, 0.1) is 18.6 Å². The van der Waals surface area contributed by atoms with E-state index in [0.29, 0.717) is 0 Å². The topological polar surface area (TPSA) is 64.1 Å². The summed E-state index contributed by atoms with van der Waals surface area (Å²) in [6.45, 7) is 1.85. The largest absolute Gasteiger partial charge is 0.497 e. The first-order valence-electron chi connectivity index (χ1n) is 7.49. The number of benzene rings is 2. The minimum absolute atomic E-state index is 0.0834. The van der Waals surface area contributed by atoms with Gasteiger partial charge < -0.3 is 10.1 Å². The van der Waals surface area contributed by atoms with Crippen LogP contribution in [-0.4, -0.2) is 28.5 Å². The highest BCUT2D eigenvalue weighted by Gasteiger charge is 2.17. The SMILES string of the molecule is COc1ccc(NC(=O)C(C)Sc2nncc3ccccc23)cc1. The van der Waals surface area contributed by atoms with Gasteiger partial charge in [0.25, 0.3) is 0 Å². The van der Waals surface area contributed by atoms with E-state index in [1.165, 1.54) is 11.8 Å². The highest BCUT2D eigenvalue weighted by atomic mass is 32.2. The van der Waals surface area contributed by atoms with E-state index >= 15 is 0 Å². The fourth-order valence-corrected chi connectivity index (χ4v) is 3.14. The number of aromatic nitrogens is 2. The second kappa shape index (κ2) is 7.31. The first-order valence-corrected chi connectivity index (χ1v) is 8.37. The van der Waals surface area contributed by atoms with Crippen molar-refractivity contribution in [2.45, 2.75) is 17.2 Å². The number of hydrogen-bond donors (Lipinski definition) is 1. The number of amides is 1. The molecule has 0 aliphatic rings. The Bertz CT molecular complexity index is 847. The molecule has 0 radical (unpaired) electrons. The van der Waals surface area contributed by atoms with Gasteiger partial charge in [-0.05, 0) is 31.2 Å². The number of carbonyl (C=O) groups excluding carboxylic acids is 1. The molecule has 1 heterocycles. The number of nitrogens with one attached hydrogen (secondary N) is 1. The Kier molecular flexibility index (Phi) is 4.96. The summed E-state index contributed by atoms with van der Waals surface area (Å²) >= 11 is 1.40. The molecule has 1 atom stereocenters. The number of anilines is 1. The van der Waals surface area contributed by atoms with Crippen LogP contribution < -0.4 is 10.1 Å². The predicted octanol–water partition coefficient (Wildman–Crippen LogP) is 3.76. The monoisotopic (exact) mass is 339 g/mol. The third-order valence-corrected chi connectivity index (χ3v) is 4.64. The summed E-state index contributed by atoms with van der Waals surface area (Å²) in [4.78, 5) is 12.4. The fourth-order valence-electron chi connectivity index (χ4n) is 2.23. The lowest BCUT2D eigenvalue weighted by Crippen LogP contribution is -2.22. The van der Waals surface area contributed by atoms with E-state index in [4.69, 9.17) is 4.74 Å². The van der Waals surface area contributed by atoms with Crippen molar-refractivity contribution in [3.63, 3.8) is 0 Å². The molecular formula is C18H17N3O2S. The summed E-state index contributed by atoms with van der Waals surface area (Å²) in [6, 6.07) is 15.1.